The molecular weight excluding hydrogens is 260 g/mol. The quantitative estimate of drug-likeness (QED) is 0.839. The van der Waals surface area contributed by atoms with Crippen LogP contribution in [0.4, 0.5) is 8.78 Å². The largest absolute Gasteiger partial charge is 0.349 e. The molecule has 0 saturated heterocycles. The van der Waals surface area contributed by atoms with Crippen LogP contribution in [0.15, 0.2) is 18.2 Å². The number of rotatable bonds is 4. The predicted molar refractivity (Wildman–Crippen MR) is 67.4 cm³/mol. The molecule has 1 aromatic rings. The lowest BCUT2D eigenvalue weighted by Crippen LogP contribution is -2.39. The Hall–Kier alpha value is -1.16. The maximum absolute atomic E-state index is 13.5. The standard InChI is InChI=1S/C13H16ClF2NO/c1-8(17-12(18)13(2,3)7-14)10-5-4-9(15)6-11(10)16/h4-6,8H,7H2,1-3H3,(H,17,18). The Labute approximate surface area is 110 Å². The van der Waals surface area contributed by atoms with Gasteiger partial charge in [-0.05, 0) is 26.8 Å². The molecule has 0 radical (unpaired) electrons. The van der Waals surface area contributed by atoms with Crippen LogP contribution in [0, 0.1) is 17.0 Å². The van der Waals surface area contributed by atoms with E-state index in [0.717, 1.165) is 12.1 Å². The fraction of sp³-hybridized carbons (Fsp3) is 0.462. The van der Waals surface area contributed by atoms with Gasteiger partial charge in [0.2, 0.25) is 5.91 Å². The fourth-order valence-electron chi connectivity index (χ4n) is 1.38. The summed E-state index contributed by atoms with van der Waals surface area (Å²) < 4.78 is 26.3. The molecule has 0 aliphatic carbocycles. The predicted octanol–water partition coefficient (Wildman–Crippen LogP) is 3.41. The van der Waals surface area contributed by atoms with Crippen LogP contribution in [-0.4, -0.2) is 11.8 Å². The highest BCUT2D eigenvalue weighted by Crippen LogP contribution is 2.22. The number of carbonyl (C=O) groups is 1. The minimum atomic E-state index is -0.730. The molecule has 0 spiro atoms. The monoisotopic (exact) mass is 275 g/mol. The summed E-state index contributed by atoms with van der Waals surface area (Å²) in [6.45, 7) is 5.03. The van der Waals surface area contributed by atoms with Crippen molar-refractivity contribution in [1.82, 2.24) is 5.32 Å². The van der Waals surface area contributed by atoms with Crippen molar-refractivity contribution < 1.29 is 13.6 Å². The van der Waals surface area contributed by atoms with Gasteiger partial charge < -0.3 is 5.32 Å². The maximum atomic E-state index is 13.5. The number of alkyl halides is 1. The van der Waals surface area contributed by atoms with Crippen molar-refractivity contribution in [2.75, 3.05) is 5.88 Å². The van der Waals surface area contributed by atoms with Crippen LogP contribution >= 0.6 is 11.6 Å². The molecule has 0 bridgehead atoms. The van der Waals surface area contributed by atoms with E-state index >= 15 is 0 Å². The van der Waals surface area contributed by atoms with Gasteiger partial charge in [0.05, 0.1) is 11.5 Å². The molecule has 0 aliphatic heterocycles. The van der Waals surface area contributed by atoms with Gasteiger partial charge in [0.25, 0.3) is 0 Å². The summed E-state index contributed by atoms with van der Waals surface area (Å²) in [6, 6.07) is 2.74. The molecule has 1 aromatic carbocycles. The molecule has 18 heavy (non-hydrogen) atoms. The Bertz CT molecular complexity index is 449. The summed E-state index contributed by atoms with van der Waals surface area (Å²) in [5.41, 5.74) is -0.484. The second-order valence-electron chi connectivity index (χ2n) is 4.88. The molecule has 5 heteroatoms. The van der Waals surface area contributed by atoms with Gasteiger partial charge in [-0.3, -0.25) is 4.79 Å². The first-order chi connectivity index (χ1) is 8.27. The summed E-state index contributed by atoms with van der Waals surface area (Å²) in [5.74, 6) is -1.42. The number of halogens is 3. The Morgan fingerprint density at radius 3 is 2.56 bits per heavy atom. The summed E-state index contributed by atoms with van der Waals surface area (Å²) in [4.78, 5) is 11.9. The molecule has 1 unspecified atom stereocenters. The lowest BCUT2D eigenvalue weighted by Gasteiger charge is -2.24. The Balaban J connectivity index is 2.83. The van der Waals surface area contributed by atoms with Crippen LogP contribution in [0.1, 0.15) is 32.4 Å². The van der Waals surface area contributed by atoms with Crippen molar-refractivity contribution in [3.63, 3.8) is 0 Å². The number of nitrogens with one attached hydrogen (secondary N) is 1. The minimum absolute atomic E-state index is 0.164. The van der Waals surface area contributed by atoms with Gasteiger partial charge in [-0.15, -0.1) is 11.6 Å². The van der Waals surface area contributed by atoms with Crippen LogP contribution in [0.5, 0.6) is 0 Å². The van der Waals surface area contributed by atoms with Crippen molar-refractivity contribution in [3.8, 4) is 0 Å². The number of hydrogen-bond donors (Lipinski definition) is 1. The lowest BCUT2D eigenvalue weighted by atomic mass is 9.94. The van der Waals surface area contributed by atoms with Crippen LogP contribution in [0.2, 0.25) is 0 Å². The third-order valence-corrected chi connectivity index (χ3v) is 3.39. The molecule has 0 heterocycles. The van der Waals surface area contributed by atoms with E-state index in [-0.39, 0.29) is 17.4 Å². The zero-order valence-electron chi connectivity index (χ0n) is 10.6. The Morgan fingerprint density at radius 2 is 2.06 bits per heavy atom. The van der Waals surface area contributed by atoms with Crippen molar-refractivity contribution in [3.05, 3.63) is 35.4 Å². The first-order valence-electron chi connectivity index (χ1n) is 5.60. The maximum Gasteiger partial charge on any atom is 0.227 e. The van der Waals surface area contributed by atoms with Gasteiger partial charge in [0.1, 0.15) is 11.6 Å². The smallest absolute Gasteiger partial charge is 0.227 e. The molecule has 0 fully saturated rings. The molecule has 1 rings (SSSR count). The van der Waals surface area contributed by atoms with E-state index in [1.807, 2.05) is 0 Å². The Kier molecular flexibility index (Phi) is 4.68. The first kappa shape index (κ1) is 14.9. The third kappa shape index (κ3) is 3.42. The molecule has 1 N–H and O–H groups in total. The number of hydrogen-bond acceptors (Lipinski definition) is 1. The molecule has 0 aliphatic rings. The van der Waals surface area contributed by atoms with Crippen LogP contribution in [-0.2, 0) is 4.79 Å². The SMILES string of the molecule is CC(NC(=O)C(C)(C)CCl)c1ccc(F)cc1F. The van der Waals surface area contributed by atoms with Crippen molar-refractivity contribution in [1.29, 1.82) is 0 Å². The van der Waals surface area contributed by atoms with Crippen LogP contribution in [0.25, 0.3) is 0 Å². The van der Waals surface area contributed by atoms with Crippen molar-refractivity contribution in [2.45, 2.75) is 26.8 Å². The molecule has 2 nitrogen and oxygen atoms in total. The molecule has 100 valence electrons. The van der Waals surface area contributed by atoms with E-state index in [1.54, 1.807) is 20.8 Å². The van der Waals surface area contributed by atoms with Crippen LogP contribution in [0.3, 0.4) is 0 Å². The fourth-order valence-corrected chi connectivity index (χ4v) is 1.50. The number of carbonyl (C=O) groups excluding carboxylic acids is 1. The zero-order valence-corrected chi connectivity index (χ0v) is 11.3. The molecule has 1 atom stereocenters. The average molecular weight is 276 g/mol. The Morgan fingerprint density at radius 1 is 1.44 bits per heavy atom. The highest BCUT2D eigenvalue weighted by molar-refractivity contribution is 6.19. The van der Waals surface area contributed by atoms with Gasteiger partial charge in [-0.2, -0.15) is 0 Å². The zero-order chi connectivity index (χ0) is 13.9. The highest BCUT2D eigenvalue weighted by Gasteiger charge is 2.28. The third-order valence-electron chi connectivity index (χ3n) is 2.73. The second-order valence-corrected chi connectivity index (χ2v) is 5.15. The first-order valence-corrected chi connectivity index (χ1v) is 6.13. The highest BCUT2D eigenvalue weighted by atomic mass is 35.5. The van der Waals surface area contributed by atoms with E-state index in [9.17, 15) is 13.6 Å². The van der Waals surface area contributed by atoms with E-state index in [1.165, 1.54) is 6.07 Å². The van der Waals surface area contributed by atoms with Crippen molar-refractivity contribution in [2.24, 2.45) is 5.41 Å². The molecule has 0 saturated carbocycles. The topological polar surface area (TPSA) is 29.1 Å². The van der Waals surface area contributed by atoms with Crippen molar-refractivity contribution >= 4 is 17.5 Å². The summed E-state index contributed by atoms with van der Waals surface area (Å²) in [6.07, 6.45) is 0. The molecular formula is C13H16ClF2NO. The van der Waals surface area contributed by atoms with E-state index < -0.39 is 23.1 Å². The number of amides is 1. The van der Waals surface area contributed by atoms with Gasteiger partial charge in [0.15, 0.2) is 0 Å². The average Bonchev–Trinajstić information content (AvgIpc) is 2.28. The van der Waals surface area contributed by atoms with E-state index in [4.69, 9.17) is 11.6 Å². The summed E-state index contributed by atoms with van der Waals surface area (Å²) in [7, 11) is 0. The minimum Gasteiger partial charge on any atom is -0.349 e. The van der Waals surface area contributed by atoms with Gasteiger partial charge in [0, 0.05) is 17.5 Å². The summed E-state index contributed by atoms with van der Waals surface area (Å²) in [5, 5.41) is 2.66. The van der Waals surface area contributed by atoms with E-state index in [2.05, 4.69) is 5.32 Å². The number of benzene rings is 1. The normalized spacial score (nSPS) is 13.2. The van der Waals surface area contributed by atoms with Crippen LogP contribution < -0.4 is 5.32 Å². The molecule has 1 amide bonds. The molecule has 0 aromatic heterocycles. The van der Waals surface area contributed by atoms with Gasteiger partial charge in [-0.1, -0.05) is 6.07 Å². The van der Waals surface area contributed by atoms with Gasteiger partial charge >= 0.3 is 0 Å². The lowest BCUT2D eigenvalue weighted by molar-refractivity contribution is -0.129. The van der Waals surface area contributed by atoms with E-state index in [0.29, 0.717) is 0 Å². The van der Waals surface area contributed by atoms with Gasteiger partial charge in [-0.25, -0.2) is 8.78 Å². The summed E-state index contributed by atoms with van der Waals surface area (Å²) >= 11 is 5.69. The second kappa shape index (κ2) is 5.65.